The van der Waals surface area contributed by atoms with Crippen molar-refractivity contribution in [3.63, 3.8) is 0 Å². The molecule has 0 fully saturated rings. The van der Waals surface area contributed by atoms with Gasteiger partial charge in [-0.05, 0) is 6.42 Å². The summed E-state index contributed by atoms with van der Waals surface area (Å²) in [5, 5.41) is 14.0. The van der Waals surface area contributed by atoms with Gasteiger partial charge in [0.15, 0.2) is 6.19 Å². The van der Waals surface area contributed by atoms with Gasteiger partial charge in [0, 0.05) is 13.6 Å². The molecule has 0 radical (unpaired) electrons. The molecule has 0 spiro atoms. The lowest BCUT2D eigenvalue weighted by Gasteiger charge is -2.06. The first-order valence-electron chi connectivity index (χ1n) is 5.71. The van der Waals surface area contributed by atoms with Gasteiger partial charge >= 0.3 is 0 Å². The Labute approximate surface area is 92.8 Å². The zero-order chi connectivity index (χ0) is 11.4. The van der Waals surface area contributed by atoms with E-state index in [0.29, 0.717) is 5.96 Å². The van der Waals surface area contributed by atoms with E-state index in [4.69, 9.17) is 5.26 Å². The topological polar surface area (TPSA) is 60.2 Å². The van der Waals surface area contributed by atoms with Crippen molar-refractivity contribution in [1.82, 2.24) is 10.6 Å². The average molecular weight is 210 g/mol. The van der Waals surface area contributed by atoms with Crippen LogP contribution in [0.15, 0.2) is 4.99 Å². The van der Waals surface area contributed by atoms with Gasteiger partial charge in [-0.1, -0.05) is 39.0 Å². The van der Waals surface area contributed by atoms with Gasteiger partial charge in [0.05, 0.1) is 0 Å². The first-order valence-corrected chi connectivity index (χ1v) is 5.71. The molecule has 2 N–H and O–H groups in total. The zero-order valence-electron chi connectivity index (χ0n) is 9.84. The van der Waals surface area contributed by atoms with Crippen molar-refractivity contribution in [2.75, 3.05) is 13.6 Å². The van der Waals surface area contributed by atoms with Crippen molar-refractivity contribution in [3.8, 4) is 6.19 Å². The Morgan fingerprint density at radius 3 is 2.47 bits per heavy atom. The second kappa shape index (κ2) is 10.8. The standard InChI is InChI=1S/C11H22N4/c1-3-4-5-6-7-8-9-14-11(13-2)15-10-12/h3-9H2,1-2H3,(H2,13,14,15). The molecular formula is C11H22N4. The zero-order valence-corrected chi connectivity index (χ0v) is 9.84. The van der Waals surface area contributed by atoms with Gasteiger partial charge in [0.2, 0.25) is 5.96 Å². The summed E-state index contributed by atoms with van der Waals surface area (Å²) in [6.45, 7) is 3.10. The molecule has 4 heteroatoms. The molecule has 0 heterocycles. The molecule has 0 aromatic carbocycles. The van der Waals surface area contributed by atoms with Gasteiger partial charge in [0.1, 0.15) is 0 Å². The molecule has 0 bridgehead atoms. The summed E-state index contributed by atoms with van der Waals surface area (Å²) < 4.78 is 0. The second-order valence-corrected chi connectivity index (χ2v) is 3.50. The summed E-state index contributed by atoms with van der Waals surface area (Å²) in [6, 6.07) is 0. The van der Waals surface area contributed by atoms with E-state index in [1.54, 1.807) is 7.05 Å². The van der Waals surface area contributed by atoms with Crippen molar-refractivity contribution in [2.45, 2.75) is 45.4 Å². The van der Waals surface area contributed by atoms with Crippen LogP contribution in [0.1, 0.15) is 45.4 Å². The summed E-state index contributed by atoms with van der Waals surface area (Å²) in [5.74, 6) is 0.561. The minimum Gasteiger partial charge on any atom is -0.356 e. The first kappa shape index (κ1) is 13.8. The van der Waals surface area contributed by atoms with E-state index in [2.05, 4.69) is 22.5 Å². The van der Waals surface area contributed by atoms with E-state index < -0.39 is 0 Å². The molecule has 0 aliphatic carbocycles. The van der Waals surface area contributed by atoms with E-state index >= 15 is 0 Å². The summed E-state index contributed by atoms with van der Waals surface area (Å²) in [5.41, 5.74) is 0. The maximum Gasteiger partial charge on any atom is 0.204 e. The Morgan fingerprint density at radius 1 is 1.20 bits per heavy atom. The lowest BCUT2D eigenvalue weighted by molar-refractivity contribution is 0.601. The number of guanidine groups is 1. The molecule has 0 amide bonds. The molecule has 0 unspecified atom stereocenters. The highest BCUT2D eigenvalue weighted by molar-refractivity contribution is 5.80. The summed E-state index contributed by atoms with van der Waals surface area (Å²) in [4.78, 5) is 3.90. The number of nitriles is 1. The predicted octanol–water partition coefficient (Wildman–Crippen LogP) is 1.99. The van der Waals surface area contributed by atoms with Crippen molar-refractivity contribution in [1.29, 1.82) is 5.26 Å². The maximum absolute atomic E-state index is 8.39. The number of rotatable bonds is 7. The molecule has 0 rings (SSSR count). The van der Waals surface area contributed by atoms with Crippen LogP contribution in [0.25, 0.3) is 0 Å². The maximum atomic E-state index is 8.39. The highest BCUT2D eigenvalue weighted by Gasteiger charge is 1.94. The normalized spacial score (nSPS) is 10.9. The van der Waals surface area contributed by atoms with Gasteiger partial charge in [-0.25, -0.2) is 0 Å². The average Bonchev–Trinajstić information content (AvgIpc) is 2.26. The molecule has 86 valence electrons. The van der Waals surface area contributed by atoms with Crippen LogP contribution in [0.3, 0.4) is 0 Å². The molecule has 0 aromatic heterocycles. The van der Waals surface area contributed by atoms with Crippen LogP contribution in [0.2, 0.25) is 0 Å². The number of nitrogens with one attached hydrogen (secondary N) is 2. The van der Waals surface area contributed by atoms with Gasteiger partial charge < -0.3 is 5.32 Å². The third-order valence-electron chi connectivity index (χ3n) is 2.22. The fourth-order valence-electron chi connectivity index (χ4n) is 1.34. The molecule has 0 aliphatic heterocycles. The van der Waals surface area contributed by atoms with Crippen LogP contribution < -0.4 is 10.6 Å². The lowest BCUT2D eigenvalue weighted by atomic mass is 10.1. The van der Waals surface area contributed by atoms with Gasteiger partial charge in [-0.3, -0.25) is 10.3 Å². The Hall–Kier alpha value is -1.24. The molecule has 0 saturated heterocycles. The fourth-order valence-corrected chi connectivity index (χ4v) is 1.34. The predicted molar refractivity (Wildman–Crippen MR) is 63.5 cm³/mol. The van der Waals surface area contributed by atoms with E-state index in [1.807, 2.05) is 6.19 Å². The Morgan fingerprint density at radius 2 is 1.87 bits per heavy atom. The van der Waals surface area contributed by atoms with Crippen LogP contribution >= 0.6 is 0 Å². The number of unbranched alkanes of at least 4 members (excludes halogenated alkanes) is 5. The second-order valence-electron chi connectivity index (χ2n) is 3.50. The van der Waals surface area contributed by atoms with Crippen molar-refractivity contribution < 1.29 is 0 Å². The summed E-state index contributed by atoms with van der Waals surface area (Å²) in [7, 11) is 1.66. The van der Waals surface area contributed by atoms with Crippen LogP contribution in [0.4, 0.5) is 0 Å². The highest BCUT2D eigenvalue weighted by Crippen LogP contribution is 2.03. The van der Waals surface area contributed by atoms with Gasteiger partial charge in [-0.2, -0.15) is 5.26 Å². The Kier molecular flexibility index (Phi) is 9.94. The van der Waals surface area contributed by atoms with E-state index in [1.165, 1.54) is 32.1 Å². The largest absolute Gasteiger partial charge is 0.356 e. The van der Waals surface area contributed by atoms with Crippen molar-refractivity contribution >= 4 is 5.96 Å². The van der Waals surface area contributed by atoms with Crippen LogP contribution in [0, 0.1) is 11.5 Å². The summed E-state index contributed by atoms with van der Waals surface area (Å²) in [6.07, 6.45) is 9.49. The number of aliphatic imine (C=N–C) groups is 1. The molecule has 0 aromatic rings. The minimum atomic E-state index is 0.561. The highest BCUT2D eigenvalue weighted by atomic mass is 15.2. The number of hydrogen-bond acceptors (Lipinski definition) is 2. The Balaban J connectivity index is 3.27. The van der Waals surface area contributed by atoms with Crippen LogP contribution in [0.5, 0.6) is 0 Å². The molecule has 15 heavy (non-hydrogen) atoms. The lowest BCUT2D eigenvalue weighted by Crippen LogP contribution is -2.34. The minimum absolute atomic E-state index is 0.561. The molecule has 0 aliphatic rings. The van der Waals surface area contributed by atoms with E-state index in [0.717, 1.165) is 13.0 Å². The quantitative estimate of drug-likeness (QED) is 0.222. The van der Waals surface area contributed by atoms with Crippen molar-refractivity contribution in [2.24, 2.45) is 4.99 Å². The fraction of sp³-hybridized carbons (Fsp3) is 0.818. The van der Waals surface area contributed by atoms with Gasteiger partial charge in [0.25, 0.3) is 0 Å². The first-order chi connectivity index (χ1) is 7.35. The van der Waals surface area contributed by atoms with Crippen LogP contribution in [-0.4, -0.2) is 19.6 Å². The third-order valence-corrected chi connectivity index (χ3v) is 2.22. The van der Waals surface area contributed by atoms with Crippen molar-refractivity contribution in [3.05, 3.63) is 0 Å². The number of nitrogens with zero attached hydrogens (tertiary/aromatic N) is 2. The monoisotopic (exact) mass is 210 g/mol. The molecule has 4 nitrogen and oxygen atoms in total. The SMILES string of the molecule is CCCCCCCCNC(=NC)NC#N. The number of hydrogen-bond donors (Lipinski definition) is 2. The summed E-state index contributed by atoms with van der Waals surface area (Å²) >= 11 is 0. The van der Waals surface area contributed by atoms with Crippen LogP contribution in [-0.2, 0) is 0 Å². The van der Waals surface area contributed by atoms with E-state index in [-0.39, 0.29) is 0 Å². The third kappa shape index (κ3) is 9.07. The van der Waals surface area contributed by atoms with Gasteiger partial charge in [-0.15, -0.1) is 0 Å². The Bertz CT molecular complexity index is 205. The molecule has 0 saturated carbocycles. The smallest absolute Gasteiger partial charge is 0.204 e. The molecule has 0 atom stereocenters. The van der Waals surface area contributed by atoms with E-state index in [9.17, 15) is 0 Å². The molecular weight excluding hydrogens is 188 g/mol.